The molecule has 0 amide bonds. The lowest BCUT2D eigenvalue weighted by atomic mass is 10.1. The lowest BCUT2D eigenvalue weighted by Crippen LogP contribution is -2.38. The molecule has 1 aromatic carbocycles. The SMILES string of the molecule is CSc1cc(C(O)CNC(C)(C)C)ccc1OC(C)=O.Cl. The maximum Gasteiger partial charge on any atom is 0.308 e. The molecule has 0 radical (unpaired) electrons. The average molecular weight is 334 g/mol. The van der Waals surface area contributed by atoms with E-state index in [-0.39, 0.29) is 23.9 Å². The van der Waals surface area contributed by atoms with Crippen molar-refractivity contribution in [2.75, 3.05) is 12.8 Å². The third kappa shape index (κ3) is 7.18. The van der Waals surface area contributed by atoms with E-state index in [1.54, 1.807) is 12.1 Å². The first-order valence-corrected chi connectivity index (χ1v) is 7.75. The van der Waals surface area contributed by atoms with Crippen LogP contribution in [0.3, 0.4) is 0 Å². The van der Waals surface area contributed by atoms with Crippen LogP contribution in [0.1, 0.15) is 39.4 Å². The number of aliphatic hydroxyl groups excluding tert-OH is 1. The smallest absolute Gasteiger partial charge is 0.308 e. The van der Waals surface area contributed by atoms with Crippen LogP contribution in [0, 0.1) is 0 Å². The van der Waals surface area contributed by atoms with Gasteiger partial charge in [0.25, 0.3) is 0 Å². The molecule has 1 aromatic rings. The Hall–Kier alpha value is -0.750. The van der Waals surface area contributed by atoms with Crippen LogP contribution >= 0.6 is 24.2 Å². The Labute approximate surface area is 137 Å². The van der Waals surface area contributed by atoms with Crippen LogP contribution in [0.5, 0.6) is 5.75 Å². The molecular weight excluding hydrogens is 310 g/mol. The minimum atomic E-state index is -0.591. The van der Waals surface area contributed by atoms with Gasteiger partial charge in [-0.1, -0.05) is 6.07 Å². The summed E-state index contributed by atoms with van der Waals surface area (Å²) < 4.78 is 5.13. The first-order chi connectivity index (χ1) is 9.23. The molecule has 21 heavy (non-hydrogen) atoms. The Kier molecular flexibility index (Phi) is 8.33. The van der Waals surface area contributed by atoms with Crippen LogP contribution in [0.4, 0.5) is 0 Å². The highest BCUT2D eigenvalue weighted by Gasteiger charge is 2.15. The van der Waals surface area contributed by atoms with Crippen molar-refractivity contribution in [3.05, 3.63) is 23.8 Å². The monoisotopic (exact) mass is 333 g/mol. The van der Waals surface area contributed by atoms with Gasteiger partial charge in [0, 0.05) is 19.0 Å². The average Bonchev–Trinajstić information content (AvgIpc) is 2.34. The van der Waals surface area contributed by atoms with Gasteiger partial charge in [-0.25, -0.2) is 0 Å². The van der Waals surface area contributed by atoms with E-state index in [1.807, 2.05) is 12.3 Å². The number of nitrogens with one attached hydrogen (secondary N) is 1. The minimum absolute atomic E-state index is 0. The molecule has 120 valence electrons. The highest BCUT2D eigenvalue weighted by Crippen LogP contribution is 2.30. The first-order valence-electron chi connectivity index (χ1n) is 6.52. The number of carbonyl (C=O) groups excluding carboxylic acids is 1. The molecule has 0 aromatic heterocycles. The van der Waals surface area contributed by atoms with E-state index >= 15 is 0 Å². The summed E-state index contributed by atoms with van der Waals surface area (Å²) in [6.45, 7) is 8.01. The Balaban J connectivity index is 0.00000400. The number of rotatable bonds is 5. The lowest BCUT2D eigenvalue weighted by molar-refractivity contribution is -0.132. The Morgan fingerprint density at radius 3 is 2.52 bits per heavy atom. The van der Waals surface area contributed by atoms with Crippen molar-refractivity contribution >= 4 is 30.1 Å². The van der Waals surface area contributed by atoms with Crippen molar-refractivity contribution in [1.29, 1.82) is 0 Å². The van der Waals surface area contributed by atoms with E-state index in [1.165, 1.54) is 18.7 Å². The summed E-state index contributed by atoms with van der Waals surface area (Å²) in [6.07, 6.45) is 1.32. The van der Waals surface area contributed by atoms with E-state index in [4.69, 9.17) is 4.74 Å². The highest BCUT2D eigenvalue weighted by molar-refractivity contribution is 7.98. The van der Waals surface area contributed by atoms with Crippen LogP contribution in [-0.2, 0) is 4.79 Å². The maximum atomic E-state index is 11.0. The summed E-state index contributed by atoms with van der Waals surface area (Å²) in [5.74, 6) is 0.188. The van der Waals surface area contributed by atoms with Gasteiger partial charge in [-0.3, -0.25) is 4.79 Å². The molecule has 0 fully saturated rings. The third-order valence-electron chi connectivity index (χ3n) is 2.65. The molecule has 0 aliphatic carbocycles. The molecule has 1 rings (SSSR count). The standard InChI is InChI=1S/C15H23NO3S.ClH/c1-10(17)19-13-7-6-11(8-14(13)20-5)12(18)9-16-15(2,3)4;/h6-8,12,16,18H,9H2,1-5H3;1H. The first kappa shape index (κ1) is 20.2. The normalized spacial score (nSPS) is 12.5. The number of esters is 1. The summed E-state index contributed by atoms with van der Waals surface area (Å²) >= 11 is 1.48. The summed E-state index contributed by atoms with van der Waals surface area (Å²) in [7, 11) is 0. The second-order valence-electron chi connectivity index (χ2n) is 5.65. The van der Waals surface area contributed by atoms with Crippen molar-refractivity contribution in [3.8, 4) is 5.75 Å². The molecule has 0 heterocycles. The van der Waals surface area contributed by atoms with Crippen molar-refractivity contribution in [2.24, 2.45) is 0 Å². The van der Waals surface area contributed by atoms with Crippen molar-refractivity contribution in [1.82, 2.24) is 5.32 Å². The van der Waals surface area contributed by atoms with Crippen LogP contribution in [-0.4, -0.2) is 29.4 Å². The van der Waals surface area contributed by atoms with E-state index in [0.29, 0.717) is 12.3 Å². The Bertz CT molecular complexity index is 474. The molecule has 0 saturated carbocycles. The Morgan fingerprint density at radius 1 is 1.43 bits per heavy atom. The van der Waals surface area contributed by atoms with Crippen molar-refractivity contribution in [2.45, 2.75) is 44.2 Å². The maximum absolute atomic E-state index is 11.0. The van der Waals surface area contributed by atoms with Crippen LogP contribution in [0.15, 0.2) is 23.1 Å². The number of ether oxygens (including phenoxy) is 1. The van der Waals surface area contributed by atoms with Gasteiger partial charge in [0.2, 0.25) is 0 Å². The number of carbonyl (C=O) groups is 1. The van der Waals surface area contributed by atoms with E-state index in [0.717, 1.165) is 10.5 Å². The van der Waals surface area contributed by atoms with Gasteiger partial charge >= 0.3 is 5.97 Å². The van der Waals surface area contributed by atoms with Crippen molar-refractivity contribution in [3.63, 3.8) is 0 Å². The molecule has 0 bridgehead atoms. The fourth-order valence-corrected chi connectivity index (χ4v) is 2.22. The van der Waals surface area contributed by atoms with Crippen molar-refractivity contribution < 1.29 is 14.6 Å². The molecule has 0 saturated heterocycles. The number of hydrogen-bond donors (Lipinski definition) is 2. The van der Waals surface area contributed by atoms with Gasteiger partial charge in [-0.05, 0) is 44.7 Å². The van der Waals surface area contributed by atoms with Gasteiger partial charge < -0.3 is 15.2 Å². The molecule has 4 nitrogen and oxygen atoms in total. The zero-order valence-corrected chi connectivity index (χ0v) is 14.7. The number of halogens is 1. The Morgan fingerprint density at radius 2 is 2.05 bits per heavy atom. The topological polar surface area (TPSA) is 58.6 Å². The van der Waals surface area contributed by atoms with Gasteiger partial charge in [0.05, 0.1) is 11.0 Å². The lowest BCUT2D eigenvalue weighted by Gasteiger charge is -2.23. The summed E-state index contributed by atoms with van der Waals surface area (Å²) in [4.78, 5) is 11.9. The van der Waals surface area contributed by atoms with E-state index in [9.17, 15) is 9.90 Å². The van der Waals surface area contributed by atoms with Crippen LogP contribution in [0.2, 0.25) is 0 Å². The number of benzene rings is 1. The summed E-state index contributed by atoms with van der Waals surface area (Å²) in [5, 5.41) is 13.5. The largest absolute Gasteiger partial charge is 0.426 e. The quantitative estimate of drug-likeness (QED) is 0.492. The summed E-state index contributed by atoms with van der Waals surface area (Å²) in [5.41, 5.74) is 0.767. The number of β-amino-alcohol motifs (C(OH)–C–C–N with tert-alkyl or cyclic N) is 1. The molecule has 0 spiro atoms. The van der Waals surface area contributed by atoms with E-state index in [2.05, 4.69) is 26.1 Å². The van der Waals surface area contributed by atoms with E-state index < -0.39 is 6.10 Å². The fourth-order valence-electron chi connectivity index (χ4n) is 1.65. The zero-order chi connectivity index (χ0) is 15.3. The fraction of sp³-hybridized carbons (Fsp3) is 0.533. The molecular formula is C15H24ClNO3S. The molecule has 1 atom stereocenters. The molecule has 1 unspecified atom stereocenters. The van der Waals surface area contributed by atoms with Crippen LogP contribution in [0.25, 0.3) is 0 Å². The number of hydrogen-bond acceptors (Lipinski definition) is 5. The van der Waals surface area contributed by atoms with Gasteiger partial charge in [0.1, 0.15) is 5.75 Å². The molecule has 2 N–H and O–H groups in total. The molecule has 0 aliphatic heterocycles. The van der Waals surface area contributed by atoms with Gasteiger partial charge in [-0.15, -0.1) is 24.2 Å². The predicted molar refractivity (Wildman–Crippen MR) is 89.5 cm³/mol. The minimum Gasteiger partial charge on any atom is -0.426 e. The molecule has 0 aliphatic rings. The molecule has 6 heteroatoms. The van der Waals surface area contributed by atoms with Crippen LogP contribution < -0.4 is 10.1 Å². The van der Waals surface area contributed by atoms with Gasteiger partial charge in [0.15, 0.2) is 0 Å². The second kappa shape index (κ2) is 8.63. The highest BCUT2D eigenvalue weighted by atomic mass is 35.5. The zero-order valence-electron chi connectivity index (χ0n) is 13.1. The van der Waals surface area contributed by atoms with Gasteiger partial charge in [-0.2, -0.15) is 0 Å². The second-order valence-corrected chi connectivity index (χ2v) is 6.50. The predicted octanol–water partition coefficient (Wildman–Crippen LogP) is 3.18. The summed E-state index contributed by atoms with van der Waals surface area (Å²) in [6, 6.07) is 5.37. The number of thioether (sulfide) groups is 1. The number of aliphatic hydroxyl groups is 1. The third-order valence-corrected chi connectivity index (χ3v) is 3.41.